The third-order valence-electron chi connectivity index (χ3n) is 3.55. The van der Waals surface area contributed by atoms with Crippen LogP contribution in [0.15, 0.2) is 62.8 Å². The molecule has 0 aliphatic rings. The summed E-state index contributed by atoms with van der Waals surface area (Å²) in [6.45, 7) is 1.88. The van der Waals surface area contributed by atoms with Crippen LogP contribution in [-0.2, 0) is 24.8 Å². The summed E-state index contributed by atoms with van der Waals surface area (Å²) in [6, 6.07) is 11.8. The van der Waals surface area contributed by atoms with Gasteiger partial charge in [0.25, 0.3) is 0 Å². The predicted octanol–water partition coefficient (Wildman–Crippen LogP) is 2.05. The number of carbonyl (C=O) groups is 1. The van der Waals surface area contributed by atoms with Gasteiger partial charge in [-0.3, -0.25) is 4.79 Å². The highest BCUT2D eigenvalue weighted by Gasteiger charge is 2.15. The molecule has 2 aromatic rings. The molecule has 0 unspecified atom stereocenters. The standard InChI is InChI=1S/C17H20BrN3O5S2/c1-2-19-27(23,24)16-9-5-14(6-10-16)21-17(22)11-12-20-28(25,26)15-7-3-13(18)4-8-15/h3-10,19-20H,2,11-12H2,1H3,(H,21,22). The predicted molar refractivity (Wildman–Crippen MR) is 110 cm³/mol. The second-order valence-electron chi connectivity index (χ2n) is 5.68. The van der Waals surface area contributed by atoms with Crippen molar-refractivity contribution in [3.63, 3.8) is 0 Å². The van der Waals surface area contributed by atoms with E-state index in [1.165, 1.54) is 36.4 Å². The number of rotatable bonds is 9. The van der Waals surface area contributed by atoms with Crippen molar-refractivity contribution >= 4 is 47.6 Å². The molecule has 28 heavy (non-hydrogen) atoms. The quantitative estimate of drug-likeness (QED) is 0.497. The van der Waals surface area contributed by atoms with Crippen molar-refractivity contribution in [2.75, 3.05) is 18.4 Å². The van der Waals surface area contributed by atoms with Crippen LogP contribution in [0, 0.1) is 0 Å². The Bertz CT molecular complexity index is 1020. The van der Waals surface area contributed by atoms with Crippen LogP contribution < -0.4 is 14.8 Å². The molecule has 152 valence electrons. The first kappa shape index (κ1) is 22.5. The SMILES string of the molecule is CCNS(=O)(=O)c1ccc(NC(=O)CCNS(=O)(=O)c2ccc(Br)cc2)cc1. The molecule has 0 aromatic heterocycles. The molecule has 8 nitrogen and oxygen atoms in total. The number of halogens is 1. The molecule has 2 rings (SSSR count). The fourth-order valence-corrected chi connectivity index (χ4v) is 4.55. The van der Waals surface area contributed by atoms with E-state index in [0.717, 1.165) is 4.47 Å². The van der Waals surface area contributed by atoms with Crippen LogP contribution in [0.5, 0.6) is 0 Å². The van der Waals surface area contributed by atoms with E-state index in [9.17, 15) is 21.6 Å². The Morgan fingerprint density at radius 2 is 1.36 bits per heavy atom. The van der Waals surface area contributed by atoms with Crippen LogP contribution in [0.1, 0.15) is 13.3 Å². The number of hydrogen-bond donors (Lipinski definition) is 3. The van der Waals surface area contributed by atoms with Gasteiger partial charge in [0.15, 0.2) is 0 Å². The van der Waals surface area contributed by atoms with E-state index in [0.29, 0.717) is 5.69 Å². The number of benzene rings is 2. The first-order chi connectivity index (χ1) is 13.1. The minimum absolute atomic E-state index is 0.0723. The lowest BCUT2D eigenvalue weighted by molar-refractivity contribution is -0.116. The van der Waals surface area contributed by atoms with Crippen molar-refractivity contribution in [3.8, 4) is 0 Å². The summed E-state index contributed by atoms with van der Waals surface area (Å²) in [5.74, 6) is -0.402. The van der Waals surface area contributed by atoms with Crippen molar-refractivity contribution in [1.82, 2.24) is 9.44 Å². The zero-order chi connectivity index (χ0) is 20.8. The van der Waals surface area contributed by atoms with Crippen LogP contribution in [0.4, 0.5) is 5.69 Å². The normalized spacial score (nSPS) is 11.9. The van der Waals surface area contributed by atoms with Gasteiger partial charge >= 0.3 is 0 Å². The summed E-state index contributed by atoms with van der Waals surface area (Å²) in [5.41, 5.74) is 0.413. The molecule has 0 aliphatic carbocycles. The van der Waals surface area contributed by atoms with Gasteiger partial charge in [-0.1, -0.05) is 22.9 Å². The van der Waals surface area contributed by atoms with Crippen molar-refractivity contribution in [2.45, 2.75) is 23.1 Å². The third kappa shape index (κ3) is 6.38. The Morgan fingerprint density at radius 3 is 1.89 bits per heavy atom. The minimum atomic E-state index is -3.70. The first-order valence-corrected chi connectivity index (χ1v) is 12.0. The van der Waals surface area contributed by atoms with Gasteiger partial charge in [0.1, 0.15) is 0 Å². The summed E-state index contributed by atoms with van der Waals surface area (Å²) >= 11 is 3.23. The zero-order valence-corrected chi connectivity index (χ0v) is 18.2. The van der Waals surface area contributed by atoms with Gasteiger partial charge in [0.05, 0.1) is 9.79 Å². The maximum atomic E-state index is 12.1. The number of hydrogen-bond acceptors (Lipinski definition) is 5. The average molecular weight is 490 g/mol. The molecule has 0 atom stereocenters. The van der Waals surface area contributed by atoms with Crippen molar-refractivity contribution < 1.29 is 21.6 Å². The Balaban J connectivity index is 1.88. The van der Waals surface area contributed by atoms with Crippen molar-refractivity contribution in [2.24, 2.45) is 0 Å². The summed E-state index contributed by atoms with van der Waals surface area (Å²) in [6.07, 6.45) is -0.0762. The fraction of sp³-hybridized carbons (Fsp3) is 0.235. The molecule has 2 aromatic carbocycles. The summed E-state index contributed by atoms with van der Waals surface area (Å²) in [7, 11) is -7.26. The maximum Gasteiger partial charge on any atom is 0.240 e. The van der Waals surface area contributed by atoms with Gasteiger partial charge in [0.2, 0.25) is 26.0 Å². The Hall–Kier alpha value is -1.79. The highest BCUT2D eigenvalue weighted by molar-refractivity contribution is 9.10. The van der Waals surface area contributed by atoms with Gasteiger partial charge in [-0.15, -0.1) is 0 Å². The van der Waals surface area contributed by atoms with E-state index in [2.05, 4.69) is 30.7 Å². The summed E-state index contributed by atoms with van der Waals surface area (Å²) in [4.78, 5) is 12.2. The van der Waals surface area contributed by atoms with E-state index >= 15 is 0 Å². The highest BCUT2D eigenvalue weighted by Crippen LogP contribution is 2.15. The third-order valence-corrected chi connectivity index (χ3v) is 7.12. The van der Waals surface area contributed by atoms with Crippen LogP contribution >= 0.6 is 15.9 Å². The maximum absolute atomic E-state index is 12.1. The summed E-state index contributed by atoms with van der Waals surface area (Å²) < 4.78 is 53.5. The smallest absolute Gasteiger partial charge is 0.240 e. The van der Waals surface area contributed by atoms with Crippen LogP contribution in [0.3, 0.4) is 0 Å². The minimum Gasteiger partial charge on any atom is -0.326 e. The highest BCUT2D eigenvalue weighted by atomic mass is 79.9. The molecule has 0 radical (unpaired) electrons. The Morgan fingerprint density at radius 1 is 0.857 bits per heavy atom. The zero-order valence-electron chi connectivity index (χ0n) is 15.0. The van der Waals surface area contributed by atoms with Crippen LogP contribution in [-0.4, -0.2) is 35.8 Å². The van der Waals surface area contributed by atoms with Crippen LogP contribution in [0.2, 0.25) is 0 Å². The average Bonchev–Trinajstić information content (AvgIpc) is 2.62. The Kier molecular flexibility index (Phi) is 7.72. The molecule has 3 N–H and O–H groups in total. The van der Waals surface area contributed by atoms with Crippen molar-refractivity contribution in [3.05, 3.63) is 53.0 Å². The molecule has 0 heterocycles. The molecule has 1 amide bonds. The van der Waals surface area contributed by atoms with E-state index in [-0.39, 0.29) is 29.3 Å². The molecule has 11 heteroatoms. The second-order valence-corrected chi connectivity index (χ2v) is 10.1. The van der Waals surface area contributed by atoms with Gasteiger partial charge in [0, 0.05) is 29.7 Å². The number of carbonyl (C=O) groups excluding carboxylic acids is 1. The molecule has 0 aliphatic heterocycles. The fourth-order valence-electron chi connectivity index (χ4n) is 2.21. The van der Waals surface area contributed by atoms with Gasteiger partial charge in [-0.2, -0.15) is 0 Å². The lowest BCUT2D eigenvalue weighted by atomic mass is 10.3. The molecular formula is C17H20BrN3O5S2. The van der Waals surface area contributed by atoms with Gasteiger partial charge < -0.3 is 5.32 Å². The number of nitrogens with one attached hydrogen (secondary N) is 3. The summed E-state index contributed by atoms with van der Waals surface area (Å²) in [5, 5.41) is 2.59. The van der Waals surface area contributed by atoms with Crippen molar-refractivity contribution in [1.29, 1.82) is 0 Å². The Labute approximate surface area is 173 Å². The molecule has 0 fully saturated rings. The second kappa shape index (κ2) is 9.61. The van der Waals surface area contributed by atoms with Gasteiger partial charge in [-0.25, -0.2) is 26.3 Å². The monoisotopic (exact) mass is 489 g/mol. The number of amides is 1. The van der Waals surface area contributed by atoms with E-state index < -0.39 is 26.0 Å². The number of sulfonamides is 2. The first-order valence-electron chi connectivity index (χ1n) is 8.29. The van der Waals surface area contributed by atoms with E-state index in [4.69, 9.17) is 0 Å². The molecular weight excluding hydrogens is 470 g/mol. The lowest BCUT2D eigenvalue weighted by Gasteiger charge is -2.09. The molecule has 0 saturated heterocycles. The topological polar surface area (TPSA) is 121 Å². The van der Waals surface area contributed by atoms with Gasteiger partial charge in [-0.05, 0) is 48.5 Å². The molecule has 0 spiro atoms. The lowest BCUT2D eigenvalue weighted by Crippen LogP contribution is -2.27. The van der Waals surface area contributed by atoms with E-state index in [1.54, 1.807) is 19.1 Å². The number of anilines is 1. The molecule has 0 saturated carbocycles. The van der Waals surface area contributed by atoms with E-state index in [1.807, 2.05) is 0 Å². The van der Waals surface area contributed by atoms with Crippen LogP contribution in [0.25, 0.3) is 0 Å². The molecule has 0 bridgehead atoms. The largest absolute Gasteiger partial charge is 0.326 e.